The lowest BCUT2D eigenvalue weighted by Crippen LogP contribution is -2.66. The van der Waals surface area contributed by atoms with Crippen molar-refractivity contribution in [3.8, 4) is 0 Å². The van der Waals surface area contributed by atoms with Gasteiger partial charge in [-0.2, -0.15) is 0 Å². The third-order valence-corrected chi connectivity index (χ3v) is 6.09. The van der Waals surface area contributed by atoms with Crippen molar-refractivity contribution in [2.45, 2.75) is 92.1 Å². The van der Waals surface area contributed by atoms with E-state index in [0.29, 0.717) is 0 Å². The first-order chi connectivity index (χ1) is 16.0. The van der Waals surface area contributed by atoms with Gasteiger partial charge in [0.25, 0.3) is 0 Å². The quantitative estimate of drug-likeness (QED) is 0.154. The molecule has 0 aliphatic carbocycles. The lowest BCUT2D eigenvalue weighted by molar-refractivity contribution is -0.377. The monoisotopic (exact) mass is 504 g/mol. The van der Waals surface area contributed by atoms with E-state index in [0.717, 1.165) is 0 Å². The Morgan fingerprint density at radius 2 is 0.853 bits per heavy atom. The number of hydrogen-bond donors (Lipinski definition) is 11. The zero-order chi connectivity index (χ0) is 25.3. The minimum absolute atomic E-state index is 0.741. The molecule has 0 spiro atoms. The summed E-state index contributed by atoms with van der Waals surface area (Å²) >= 11 is 0. The molecule has 16 heteroatoms. The van der Waals surface area contributed by atoms with E-state index in [9.17, 15) is 56.2 Å². The van der Waals surface area contributed by atoms with Crippen molar-refractivity contribution >= 4 is 0 Å². The van der Waals surface area contributed by atoms with E-state index < -0.39 is 112 Å². The number of hydrogen-bond acceptors (Lipinski definition) is 16. The Balaban J connectivity index is 1.72. The summed E-state index contributed by atoms with van der Waals surface area (Å²) in [6, 6.07) is 0. The molecule has 15 atom stereocenters. The summed E-state index contributed by atoms with van der Waals surface area (Å²) in [5.74, 6) is 0. The van der Waals surface area contributed by atoms with Crippen molar-refractivity contribution in [3.63, 3.8) is 0 Å². The molecule has 3 aliphatic rings. The normalized spacial score (nSPS) is 52.5. The fourth-order valence-electron chi connectivity index (χ4n) is 4.06. The number of aliphatic hydroxyl groups excluding tert-OH is 11. The van der Waals surface area contributed by atoms with Crippen LogP contribution in [-0.4, -0.2) is 168 Å². The highest BCUT2D eigenvalue weighted by Crippen LogP contribution is 2.32. The Morgan fingerprint density at radius 1 is 0.441 bits per heavy atom. The second-order valence-electron chi connectivity index (χ2n) is 8.33. The van der Waals surface area contributed by atoms with Crippen LogP contribution in [0.1, 0.15) is 0 Å². The minimum Gasteiger partial charge on any atom is -0.394 e. The maximum Gasteiger partial charge on any atom is 0.187 e. The molecule has 0 radical (unpaired) electrons. The van der Waals surface area contributed by atoms with Gasteiger partial charge >= 0.3 is 0 Å². The van der Waals surface area contributed by atoms with Gasteiger partial charge in [-0.25, -0.2) is 0 Å². The molecule has 0 saturated carbocycles. The van der Waals surface area contributed by atoms with Crippen molar-refractivity contribution < 1.29 is 79.9 Å². The van der Waals surface area contributed by atoms with Gasteiger partial charge in [0, 0.05) is 0 Å². The van der Waals surface area contributed by atoms with Crippen molar-refractivity contribution in [1.82, 2.24) is 0 Å². The van der Waals surface area contributed by atoms with Gasteiger partial charge in [0.1, 0.15) is 73.2 Å². The Hall–Kier alpha value is -0.640. The van der Waals surface area contributed by atoms with Crippen LogP contribution in [0.5, 0.6) is 0 Å². The van der Waals surface area contributed by atoms with E-state index in [1.807, 2.05) is 0 Å². The molecule has 3 rings (SSSR count). The summed E-state index contributed by atoms with van der Waals surface area (Å²) < 4.78 is 26.4. The molecule has 3 fully saturated rings. The molecule has 0 aromatic carbocycles. The Labute approximate surface area is 192 Å². The maximum atomic E-state index is 10.6. The van der Waals surface area contributed by atoms with E-state index >= 15 is 0 Å². The summed E-state index contributed by atoms with van der Waals surface area (Å²) in [7, 11) is 0. The molecule has 0 aromatic rings. The van der Waals surface area contributed by atoms with Crippen LogP contribution in [0.25, 0.3) is 0 Å². The summed E-state index contributed by atoms with van der Waals surface area (Å²) in [4.78, 5) is 0. The van der Waals surface area contributed by atoms with Crippen LogP contribution < -0.4 is 0 Å². The van der Waals surface area contributed by atoms with Crippen molar-refractivity contribution in [2.75, 3.05) is 19.8 Å². The van der Waals surface area contributed by atoms with Gasteiger partial charge in [0.2, 0.25) is 0 Å². The zero-order valence-electron chi connectivity index (χ0n) is 17.7. The van der Waals surface area contributed by atoms with E-state index in [1.165, 1.54) is 0 Å². The summed E-state index contributed by atoms with van der Waals surface area (Å²) in [5.41, 5.74) is 0. The highest BCUT2D eigenvalue weighted by Gasteiger charge is 2.53. The summed E-state index contributed by atoms with van der Waals surface area (Å²) in [6.07, 6.45) is -25.1. The zero-order valence-corrected chi connectivity index (χ0v) is 17.7. The largest absolute Gasteiger partial charge is 0.394 e. The average molecular weight is 504 g/mol. The smallest absolute Gasteiger partial charge is 0.187 e. The van der Waals surface area contributed by atoms with Crippen molar-refractivity contribution in [2.24, 2.45) is 0 Å². The molecule has 34 heavy (non-hydrogen) atoms. The predicted molar refractivity (Wildman–Crippen MR) is 101 cm³/mol. The van der Waals surface area contributed by atoms with E-state index in [1.54, 1.807) is 0 Å². The molecule has 3 aliphatic heterocycles. The maximum absolute atomic E-state index is 10.6. The third kappa shape index (κ3) is 5.37. The first kappa shape index (κ1) is 27.9. The first-order valence-corrected chi connectivity index (χ1v) is 10.6. The second-order valence-corrected chi connectivity index (χ2v) is 8.33. The fraction of sp³-hybridized carbons (Fsp3) is 1.00. The molecular formula is C18H32O16. The molecule has 11 N–H and O–H groups in total. The average Bonchev–Trinajstić information content (AvgIpc) is 2.83. The molecule has 3 saturated heterocycles. The SMILES string of the molecule is OC[C@H]1O[C@@H](O[C@H]2[C@H](O)[C@@H](O)[C@@H](O[C@H]3[C@H](O)[C@@H](O)[C@H](O)O[C@@H]3CO)O[C@@H]2CO)[C@H](O)[C@@H](O)[C@H]1O. The van der Waals surface area contributed by atoms with Crippen LogP contribution in [0.2, 0.25) is 0 Å². The third-order valence-electron chi connectivity index (χ3n) is 6.09. The molecule has 0 amide bonds. The molecule has 0 aromatic heterocycles. The van der Waals surface area contributed by atoms with Crippen LogP contribution in [0.4, 0.5) is 0 Å². The lowest BCUT2D eigenvalue weighted by Gasteiger charge is -2.47. The Bertz CT molecular complexity index is 635. The fourth-order valence-corrected chi connectivity index (χ4v) is 4.06. The molecular weight excluding hydrogens is 472 g/mol. The predicted octanol–water partition coefficient (Wildman–Crippen LogP) is -7.57. The van der Waals surface area contributed by atoms with Crippen molar-refractivity contribution in [3.05, 3.63) is 0 Å². The molecule has 16 nitrogen and oxygen atoms in total. The highest BCUT2D eigenvalue weighted by atomic mass is 16.8. The Kier molecular flexibility index (Phi) is 9.54. The molecule has 3 heterocycles. The van der Waals surface area contributed by atoms with Crippen LogP contribution in [0.3, 0.4) is 0 Å². The lowest BCUT2D eigenvalue weighted by atomic mass is 9.96. The van der Waals surface area contributed by atoms with E-state index in [2.05, 4.69) is 0 Å². The number of aliphatic hydroxyl groups is 11. The van der Waals surface area contributed by atoms with Gasteiger partial charge in [-0.1, -0.05) is 0 Å². The van der Waals surface area contributed by atoms with Gasteiger partial charge in [0.05, 0.1) is 19.8 Å². The molecule has 0 bridgehead atoms. The van der Waals surface area contributed by atoms with Gasteiger partial charge in [-0.3, -0.25) is 0 Å². The van der Waals surface area contributed by atoms with Crippen LogP contribution in [0, 0.1) is 0 Å². The Morgan fingerprint density at radius 3 is 1.35 bits per heavy atom. The molecule has 0 unspecified atom stereocenters. The van der Waals surface area contributed by atoms with Crippen LogP contribution >= 0.6 is 0 Å². The van der Waals surface area contributed by atoms with Crippen molar-refractivity contribution in [1.29, 1.82) is 0 Å². The van der Waals surface area contributed by atoms with Gasteiger partial charge in [0.15, 0.2) is 18.9 Å². The first-order valence-electron chi connectivity index (χ1n) is 10.6. The summed E-state index contributed by atoms with van der Waals surface area (Å²) in [5, 5.41) is 109. The van der Waals surface area contributed by atoms with Gasteiger partial charge < -0.3 is 79.9 Å². The second kappa shape index (κ2) is 11.6. The van der Waals surface area contributed by atoms with Gasteiger partial charge in [-0.05, 0) is 0 Å². The summed E-state index contributed by atoms with van der Waals surface area (Å²) in [6.45, 7) is -2.32. The highest BCUT2D eigenvalue weighted by molar-refractivity contribution is 4.96. The molecule has 200 valence electrons. The standard InChI is InChI=1S/C18H32O16/c19-1-4-7(22)8(23)12(27)17(31-4)34-15-6(3-21)32-18(13(28)10(15)25)33-14-5(2-20)30-16(29)11(26)9(14)24/h4-29H,1-3H2/t4-,5-,6-,7+,8+,9-,10-,11-,12-,13-,14-,15-,16-,17+,18-/m1/s1. The van der Waals surface area contributed by atoms with Crippen LogP contribution in [0.15, 0.2) is 0 Å². The minimum atomic E-state index is -1.91. The number of rotatable bonds is 7. The van der Waals surface area contributed by atoms with E-state index in [-0.39, 0.29) is 0 Å². The van der Waals surface area contributed by atoms with Gasteiger partial charge in [-0.15, -0.1) is 0 Å². The van der Waals surface area contributed by atoms with E-state index in [4.69, 9.17) is 23.7 Å². The topological polar surface area (TPSA) is 269 Å². The van der Waals surface area contributed by atoms with Crippen LogP contribution in [-0.2, 0) is 23.7 Å². The number of ether oxygens (including phenoxy) is 5.